The van der Waals surface area contributed by atoms with Gasteiger partial charge in [0.2, 0.25) is 0 Å². The highest BCUT2D eigenvalue weighted by molar-refractivity contribution is 5.89. The Labute approximate surface area is 412 Å². The molecule has 6 aromatic carbocycles. The van der Waals surface area contributed by atoms with Gasteiger partial charge in [0, 0.05) is 33.6 Å². The Morgan fingerprint density at radius 1 is 0.456 bits per heavy atom. The molecule has 0 radical (unpaired) electrons. The normalized spacial score (nSPS) is 20.7. The molecule has 0 amide bonds. The van der Waals surface area contributed by atoms with E-state index < -0.39 is 0 Å². The number of anilines is 6. The molecule has 0 aliphatic heterocycles. The van der Waals surface area contributed by atoms with Gasteiger partial charge < -0.3 is 9.80 Å². The lowest BCUT2D eigenvalue weighted by Gasteiger charge is -2.48. The van der Waals surface area contributed by atoms with Crippen molar-refractivity contribution in [3.63, 3.8) is 0 Å². The smallest absolute Gasteiger partial charge is 0.0520 e. The summed E-state index contributed by atoms with van der Waals surface area (Å²) in [7, 11) is 0. The van der Waals surface area contributed by atoms with Crippen molar-refractivity contribution in [2.75, 3.05) is 9.80 Å². The molecule has 2 unspecified atom stereocenters. The molecule has 0 aromatic heterocycles. The van der Waals surface area contributed by atoms with Crippen LogP contribution in [-0.2, 0) is 21.7 Å². The fourth-order valence-corrected chi connectivity index (χ4v) is 13.8. The Balaban J connectivity index is 1.27. The molecule has 3 aliphatic carbocycles. The molecule has 68 heavy (non-hydrogen) atoms. The number of benzene rings is 6. The summed E-state index contributed by atoms with van der Waals surface area (Å²) in [4.78, 5) is 5.20. The zero-order valence-corrected chi connectivity index (χ0v) is 44.5. The van der Waals surface area contributed by atoms with E-state index in [9.17, 15) is 0 Å². The summed E-state index contributed by atoms with van der Waals surface area (Å²) in [6, 6.07) is 43.7. The lowest BCUT2D eigenvalue weighted by Crippen LogP contribution is -2.43. The van der Waals surface area contributed by atoms with Gasteiger partial charge in [0.15, 0.2) is 0 Å². The highest BCUT2D eigenvalue weighted by atomic mass is 15.2. The van der Waals surface area contributed by atoms with Crippen molar-refractivity contribution >= 4 is 34.1 Å². The van der Waals surface area contributed by atoms with Crippen molar-refractivity contribution in [2.45, 2.75) is 183 Å². The third-order valence-electron chi connectivity index (χ3n) is 16.9. The predicted octanol–water partition coefficient (Wildman–Crippen LogP) is 19.4. The SMILES string of the molecule is CCCCCCCC1C[C@]23CC(C)C[C@@]2(C1)c1cc(N(c2ccc(C)cc2)c2c(C)cc(C(C)(C)C)cc2C)ccc1-c1ccc(N(c2ccc(C)cc2)c2c(C)cc(C(C)(C)C)cc2C)cc13. The highest BCUT2D eigenvalue weighted by Gasteiger charge is 2.66. The lowest BCUT2D eigenvalue weighted by atomic mass is 9.55. The fraction of sp³-hybridized carbons (Fsp3) is 0.455. The number of fused-ring (bicyclic) bond motifs is 3. The van der Waals surface area contributed by atoms with E-state index in [0.29, 0.717) is 11.8 Å². The van der Waals surface area contributed by atoms with Crippen molar-refractivity contribution in [2.24, 2.45) is 11.8 Å². The molecule has 4 atom stereocenters. The molecular formula is C66H82N2. The number of unbranched alkanes of at least 4 members (excludes halogenated alkanes) is 4. The summed E-state index contributed by atoms with van der Waals surface area (Å²) < 4.78 is 0. The summed E-state index contributed by atoms with van der Waals surface area (Å²) in [5, 5.41) is 0. The third kappa shape index (κ3) is 8.45. The van der Waals surface area contributed by atoms with Gasteiger partial charge in [-0.15, -0.1) is 0 Å². The maximum Gasteiger partial charge on any atom is 0.0520 e. The molecule has 9 rings (SSSR count). The van der Waals surface area contributed by atoms with Crippen molar-refractivity contribution < 1.29 is 0 Å². The van der Waals surface area contributed by atoms with Gasteiger partial charge in [0.1, 0.15) is 0 Å². The van der Waals surface area contributed by atoms with Gasteiger partial charge in [-0.3, -0.25) is 0 Å². The van der Waals surface area contributed by atoms with Crippen LogP contribution in [0.2, 0.25) is 0 Å². The van der Waals surface area contributed by atoms with Crippen molar-refractivity contribution in [3.8, 4) is 11.1 Å². The molecule has 0 bridgehead atoms. The van der Waals surface area contributed by atoms with Crippen molar-refractivity contribution in [1.82, 2.24) is 0 Å². The molecule has 0 N–H and O–H groups in total. The number of rotatable bonds is 12. The van der Waals surface area contributed by atoms with Crippen LogP contribution in [0, 0.1) is 53.4 Å². The summed E-state index contributed by atoms with van der Waals surface area (Å²) in [5.74, 6) is 1.34. The van der Waals surface area contributed by atoms with E-state index >= 15 is 0 Å². The van der Waals surface area contributed by atoms with E-state index in [1.807, 2.05) is 0 Å². The van der Waals surface area contributed by atoms with Crippen LogP contribution in [0.25, 0.3) is 11.1 Å². The number of nitrogens with zero attached hydrogens (tertiary/aromatic N) is 2. The Hall–Kier alpha value is -5.08. The number of hydrogen-bond acceptors (Lipinski definition) is 2. The minimum absolute atomic E-state index is 0.0610. The predicted molar refractivity (Wildman–Crippen MR) is 295 cm³/mol. The second kappa shape index (κ2) is 18.0. The second-order valence-electron chi connectivity index (χ2n) is 24.4. The molecule has 0 spiro atoms. The van der Waals surface area contributed by atoms with Crippen molar-refractivity contribution in [1.29, 1.82) is 0 Å². The van der Waals surface area contributed by atoms with E-state index in [1.165, 1.54) is 154 Å². The van der Waals surface area contributed by atoms with E-state index in [1.54, 1.807) is 11.1 Å². The molecule has 2 nitrogen and oxygen atoms in total. The molecule has 0 saturated heterocycles. The lowest BCUT2D eigenvalue weighted by molar-refractivity contribution is 0.299. The summed E-state index contributed by atoms with van der Waals surface area (Å²) in [6.07, 6.45) is 13.1. The molecule has 0 heterocycles. The molecule has 356 valence electrons. The van der Waals surface area contributed by atoms with E-state index in [-0.39, 0.29) is 21.7 Å². The van der Waals surface area contributed by atoms with Gasteiger partial charge in [0.25, 0.3) is 0 Å². The van der Waals surface area contributed by atoms with Crippen LogP contribution in [0.15, 0.2) is 109 Å². The first-order valence-electron chi connectivity index (χ1n) is 26.5. The maximum absolute atomic E-state index is 2.70. The van der Waals surface area contributed by atoms with Crippen LogP contribution in [0.5, 0.6) is 0 Å². The molecule has 2 heteroatoms. The largest absolute Gasteiger partial charge is 0.310 e. The zero-order chi connectivity index (χ0) is 48.5. The first-order valence-corrected chi connectivity index (χ1v) is 26.5. The minimum Gasteiger partial charge on any atom is -0.310 e. The van der Waals surface area contributed by atoms with E-state index in [4.69, 9.17) is 0 Å². The van der Waals surface area contributed by atoms with Gasteiger partial charge in [-0.2, -0.15) is 0 Å². The Bertz CT molecular complexity index is 2580. The summed E-state index contributed by atoms with van der Waals surface area (Å²) >= 11 is 0. The zero-order valence-electron chi connectivity index (χ0n) is 44.5. The first-order chi connectivity index (χ1) is 32.2. The first kappa shape index (κ1) is 48.0. The van der Waals surface area contributed by atoms with E-state index in [0.717, 1.165) is 0 Å². The van der Waals surface area contributed by atoms with Crippen LogP contribution in [0.4, 0.5) is 34.1 Å². The van der Waals surface area contributed by atoms with Crippen LogP contribution < -0.4 is 9.80 Å². The van der Waals surface area contributed by atoms with Crippen LogP contribution in [-0.4, -0.2) is 0 Å². The Morgan fingerprint density at radius 3 is 1.19 bits per heavy atom. The third-order valence-corrected chi connectivity index (χ3v) is 16.9. The van der Waals surface area contributed by atoms with Gasteiger partial charge in [-0.1, -0.05) is 166 Å². The van der Waals surface area contributed by atoms with Crippen LogP contribution >= 0.6 is 0 Å². The summed E-state index contributed by atoms with van der Waals surface area (Å²) in [6.45, 7) is 32.7. The minimum atomic E-state index is 0.0610. The van der Waals surface area contributed by atoms with Gasteiger partial charge in [-0.25, -0.2) is 0 Å². The average Bonchev–Trinajstić information content (AvgIpc) is 3.75. The second-order valence-corrected chi connectivity index (χ2v) is 24.4. The fourth-order valence-electron chi connectivity index (χ4n) is 13.8. The van der Waals surface area contributed by atoms with Crippen LogP contribution in [0.1, 0.15) is 175 Å². The monoisotopic (exact) mass is 903 g/mol. The molecule has 3 aliphatic rings. The van der Waals surface area contributed by atoms with Crippen molar-refractivity contribution in [3.05, 3.63) is 165 Å². The maximum atomic E-state index is 2.70. The topological polar surface area (TPSA) is 6.48 Å². The summed E-state index contributed by atoms with van der Waals surface area (Å²) in [5.41, 5.74) is 24.7. The Morgan fingerprint density at radius 2 is 0.824 bits per heavy atom. The molecule has 2 saturated carbocycles. The standard InChI is InChI=1S/C66H82N2/c1-15-16-17-18-19-20-50-41-65-39-45(4)40-66(65,42-50)60-38-56(68(54-27-23-44(3)24-28-54)62-48(7)35-52(36-49(62)8)64(12,13)14)30-32-58(60)57-31-29-55(37-59(57)65)67(53-25-21-43(2)22-26-53)61-46(5)33-51(34-47(61)6)63(9,10)11/h21-38,45,50H,15-20,39-42H2,1-14H3/t45?,50?,65-,66+. The quantitative estimate of drug-likeness (QED) is 0.113. The van der Waals surface area contributed by atoms with Gasteiger partial charge >= 0.3 is 0 Å². The number of hydrogen-bond donors (Lipinski definition) is 0. The van der Waals surface area contributed by atoms with E-state index in [2.05, 4.69) is 216 Å². The van der Waals surface area contributed by atoms with Crippen LogP contribution in [0.3, 0.4) is 0 Å². The molecule has 6 aromatic rings. The van der Waals surface area contributed by atoms with Gasteiger partial charge in [-0.05, 0) is 194 Å². The average molecular weight is 903 g/mol. The number of aryl methyl sites for hydroxylation is 6. The Kier molecular flexibility index (Phi) is 12.7. The van der Waals surface area contributed by atoms with Gasteiger partial charge in [0.05, 0.1) is 11.4 Å². The molecule has 2 fully saturated rings. The molecular weight excluding hydrogens is 821 g/mol. The highest BCUT2D eigenvalue weighted by Crippen LogP contribution is 2.72.